The molecule has 0 aromatic carbocycles. The number of nitrogens with zero attached hydrogens (tertiary/aromatic N) is 2. The smallest absolute Gasteiger partial charge is 0.129 e. The minimum atomic E-state index is 0.525. The van der Waals surface area contributed by atoms with E-state index in [1.165, 1.54) is 19.3 Å². The van der Waals surface area contributed by atoms with Gasteiger partial charge < -0.3 is 5.32 Å². The van der Waals surface area contributed by atoms with Crippen molar-refractivity contribution >= 4 is 5.82 Å². The summed E-state index contributed by atoms with van der Waals surface area (Å²) in [5, 5.41) is 3.44. The van der Waals surface area contributed by atoms with Crippen molar-refractivity contribution < 1.29 is 0 Å². The molecule has 3 nitrogen and oxygen atoms in total. The van der Waals surface area contributed by atoms with Crippen LogP contribution < -0.4 is 5.32 Å². The summed E-state index contributed by atoms with van der Waals surface area (Å²) in [6, 6.07) is 2.57. The molecule has 1 aromatic rings. The van der Waals surface area contributed by atoms with Crippen molar-refractivity contribution in [2.24, 2.45) is 5.92 Å². The zero-order valence-corrected chi connectivity index (χ0v) is 9.53. The molecule has 82 valence electrons. The van der Waals surface area contributed by atoms with Crippen LogP contribution in [0.2, 0.25) is 0 Å². The SMILES string of the molecule is CCc1cc(NC(C)CC2CC2)ncn1. The van der Waals surface area contributed by atoms with E-state index < -0.39 is 0 Å². The van der Waals surface area contributed by atoms with Crippen molar-refractivity contribution in [3.8, 4) is 0 Å². The van der Waals surface area contributed by atoms with Gasteiger partial charge in [-0.05, 0) is 25.7 Å². The highest BCUT2D eigenvalue weighted by atomic mass is 15.0. The van der Waals surface area contributed by atoms with Gasteiger partial charge in [-0.1, -0.05) is 19.8 Å². The van der Waals surface area contributed by atoms with E-state index in [-0.39, 0.29) is 0 Å². The fraction of sp³-hybridized carbons (Fsp3) is 0.667. The van der Waals surface area contributed by atoms with Crippen LogP contribution in [0.25, 0.3) is 0 Å². The molecule has 1 unspecified atom stereocenters. The lowest BCUT2D eigenvalue weighted by Crippen LogP contribution is -2.16. The zero-order valence-electron chi connectivity index (χ0n) is 9.53. The van der Waals surface area contributed by atoms with E-state index in [4.69, 9.17) is 0 Å². The molecule has 0 bridgehead atoms. The molecule has 1 saturated carbocycles. The molecule has 3 heteroatoms. The Balaban J connectivity index is 1.90. The minimum Gasteiger partial charge on any atom is -0.368 e. The Hall–Kier alpha value is -1.12. The fourth-order valence-corrected chi connectivity index (χ4v) is 1.83. The van der Waals surface area contributed by atoms with Gasteiger partial charge in [0.05, 0.1) is 0 Å². The zero-order chi connectivity index (χ0) is 10.7. The fourth-order valence-electron chi connectivity index (χ4n) is 1.83. The highest BCUT2D eigenvalue weighted by Crippen LogP contribution is 2.33. The van der Waals surface area contributed by atoms with Gasteiger partial charge in [-0.3, -0.25) is 0 Å². The first-order chi connectivity index (χ1) is 7.28. The van der Waals surface area contributed by atoms with E-state index in [0.29, 0.717) is 6.04 Å². The van der Waals surface area contributed by atoms with Crippen molar-refractivity contribution in [3.63, 3.8) is 0 Å². The average molecular weight is 205 g/mol. The number of nitrogens with one attached hydrogen (secondary N) is 1. The number of hydrogen-bond acceptors (Lipinski definition) is 3. The van der Waals surface area contributed by atoms with Crippen molar-refractivity contribution in [3.05, 3.63) is 18.1 Å². The van der Waals surface area contributed by atoms with Crippen LogP contribution in [0.15, 0.2) is 12.4 Å². The number of hydrogen-bond donors (Lipinski definition) is 1. The quantitative estimate of drug-likeness (QED) is 0.803. The predicted molar refractivity (Wildman–Crippen MR) is 61.8 cm³/mol. The Morgan fingerprint density at radius 3 is 2.93 bits per heavy atom. The molecule has 1 atom stereocenters. The van der Waals surface area contributed by atoms with Crippen LogP contribution in [0.5, 0.6) is 0 Å². The Kier molecular flexibility index (Phi) is 3.19. The summed E-state index contributed by atoms with van der Waals surface area (Å²) < 4.78 is 0. The third-order valence-electron chi connectivity index (χ3n) is 2.86. The van der Waals surface area contributed by atoms with Crippen LogP contribution in [-0.2, 0) is 6.42 Å². The number of aryl methyl sites for hydroxylation is 1. The Morgan fingerprint density at radius 1 is 1.47 bits per heavy atom. The molecule has 1 aromatic heterocycles. The van der Waals surface area contributed by atoms with Crippen LogP contribution in [0.4, 0.5) is 5.82 Å². The van der Waals surface area contributed by atoms with Gasteiger partial charge in [0.1, 0.15) is 12.1 Å². The van der Waals surface area contributed by atoms with Crippen LogP contribution >= 0.6 is 0 Å². The van der Waals surface area contributed by atoms with Gasteiger partial charge in [-0.15, -0.1) is 0 Å². The highest BCUT2D eigenvalue weighted by molar-refractivity contribution is 5.35. The summed E-state index contributed by atoms with van der Waals surface area (Å²) in [5.74, 6) is 1.93. The van der Waals surface area contributed by atoms with Crippen molar-refractivity contribution in [1.82, 2.24) is 9.97 Å². The molecule has 1 fully saturated rings. The first kappa shape index (κ1) is 10.4. The van der Waals surface area contributed by atoms with Gasteiger partial charge >= 0.3 is 0 Å². The summed E-state index contributed by atoms with van der Waals surface area (Å²) in [4.78, 5) is 8.42. The molecule has 0 aliphatic heterocycles. The molecule has 1 heterocycles. The largest absolute Gasteiger partial charge is 0.368 e. The third-order valence-corrected chi connectivity index (χ3v) is 2.86. The lowest BCUT2D eigenvalue weighted by Gasteiger charge is -2.13. The molecule has 1 N–H and O–H groups in total. The van der Waals surface area contributed by atoms with Crippen LogP contribution in [0, 0.1) is 5.92 Å². The molecule has 2 rings (SSSR count). The normalized spacial score (nSPS) is 17.5. The maximum Gasteiger partial charge on any atom is 0.129 e. The number of rotatable bonds is 5. The Morgan fingerprint density at radius 2 is 2.27 bits per heavy atom. The maximum atomic E-state index is 4.23. The van der Waals surface area contributed by atoms with E-state index in [0.717, 1.165) is 23.9 Å². The van der Waals surface area contributed by atoms with Gasteiger partial charge in [-0.25, -0.2) is 9.97 Å². The Labute approximate surface area is 91.3 Å². The summed E-state index contributed by atoms with van der Waals surface area (Å²) in [6.45, 7) is 4.34. The molecule has 0 spiro atoms. The summed E-state index contributed by atoms with van der Waals surface area (Å²) in [7, 11) is 0. The topological polar surface area (TPSA) is 37.8 Å². The average Bonchev–Trinajstić information content (AvgIpc) is 3.02. The first-order valence-corrected chi connectivity index (χ1v) is 5.85. The molecule has 1 aliphatic carbocycles. The molecule has 0 amide bonds. The summed E-state index contributed by atoms with van der Waals surface area (Å²) in [6.07, 6.45) is 6.71. The second kappa shape index (κ2) is 4.60. The summed E-state index contributed by atoms with van der Waals surface area (Å²) in [5.41, 5.74) is 1.10. The Bertz CT molecular complexity index is 320. The molecule has 0 radical (unpaired) electrons. The van der Waals surface area contributed by atoms with Gasteiger partial charge in [0, 0.05) is 17.8 Å². The monoisotopic (exact) mass is 205 g/mol. The number of aromatic nitrogens is 2. The van der Waals surface area contributed by atoms with E-state index >= 15 is 0 Å². The van der Waals surface area contributed by atoms with Crippen LogP contribution in [0.3, 0.4) is 0 Å². The third kappa shape index (κ3) is 3.18. The predicted octanol–water partition coefficient (Wildman–Crippen LogP) is 2.64. The lowest BCUT2D eigenvalue weighted by atomic mass is 10.1. The van der Waals surface area contributed by atoms with Crippen molar-refractivity contribution in [1.29, 1.82) is 0 Å². The van der Waals surface area contributed by atoms with E-state index in [2.05, 4.69) is 29.1 Å². The minimum absolute atomic E-state index is 0.525. The molecule has 15 heavy (non-hydrogen) atoms. The van der Waals surface area contributed by atoms with Gasteiger partial charge in [0.25, 0.3) is 0 Å². The second-order valence-corrected chi connectivity index (χ2v) is 4.47. The van der Waals surface area contributed by atoms with Gasteiger partial charge in [-0.2, -0.15) is 0 Å². The van der Waals surface area contributed by atoms with Crippen molar-refractivity contribution in [2.45, 2.75) is 45.6 Å². The van der Waals surface area contributed by atoms with Crippen LogP contribution in [0.1, 0.15) is 38.8 Å². The van der Waals surface area contributed by atoms with E-state index in [1.807, 2.05) is 6.07 Å². The van der Waals surface area contributed by atoms with Crippen LogP contribution in [-0.4, -0.2) is 16.0 Å². The first-order valence-electron chi connectivity index (χ1n) is 5.85. The molecular formula is C12H19N3. The van der Waals surface area contributed by atoms with Crippen molar-refractivity contribution in [2.75, 3.05) is 5.32 Å². The molecule has 1 aliphatic rings. The maximum absolute atomic E-state index is 4.23. The highest BCUT2D eigenvalue weighted by Gasteiger charge is 2.23. The van der Waals surface area contributed by atoms with Gasteiger partial charge in [0.15, 0.2) is 0 Å². The molecular weight excluding hydrogens is 186 g/mol. The van der Waals surface area contributed by atoms with Gasteiger partial charge in [0.2, 0.25) is 0 Å². The van der Waals surface area contributed by atoms with E-state index in [9.17, 15) is 0 Å². The second-order valence-electron chi connectivity index (χ2n) is 4.47. The summed E-state index contributed by atoms with van der Waals surface area (Å²) >= 11 is 0. The standard InChI is InChI=1S/C12H19N3/c1-3-11-7-12(14-8-13-11)15-9(2)6-10-4-5-10/h7-10H,3-6H2,1-2H3,(H,13,14,15). The lowest BCUT2D eigenvalue weighted by molar-refractivity contribution is 0.639. The van der Waals surface area contributed by atoms with E-state index in [1.54, 1.807) is 6.33 Å². The molecule has 0 saturated heterocycles. The number of anilines is 1.